The molecule has 37 heavy (non-hydrogen) atoms. The maximum Gasteiger partial charge on any atom is 0.260 e. The number of benzene rings is 2. The first kappa shape index (κ1) is 23.4. The third-order valence-corrected chi connectivity index (χ3v) is 7.07. The highest BCUT2D eigenvalue weighted by Gasteiger charge is 2.31. The molecule has 1 aliphatic carbocycles. The molecule has 0 atom stereocenters. The highest BCUT2D eigenvalue weighted by molar-refractivity contribution is 6.10. The molecule has 6 rings (SSSR count). The summed E-state index contributed by atoms with van der Waals surface area (Å²) in [5.41, 5.74) is 4.26. The number of rotatable bonds is 7. The van der Waals surface area contributed by atoms with Crippen molar-refractivity contribution in [3.05, 3.63) is 82.8 Å². The van der Waals surface area contributed by atoms with Gasteiger partial charge in [-0.15, -0.1) is 10.2 Å². The molecule has 1 N–H and O–H groups in total. The number of hydrogen-bond acceptors (Lipinski definition) is 5. The van der Waals surface area contributed by atoms with E-state index in [2.05, 4.69) is 20.5 Å². The van der Waals surface area contributed by atoms with Gasteiger partial charge in [-0.25, -0.2) is 13.8 Å². The maximum atomic E-state index is 14.8. The van der Waals surface area contributed by atoms with Crippen molar-refractivity contribution in [1.29, 1.82) is 0 Å². The van der Waals surface area contributed by atoms with Crippen molar-refractivity contribution < 1.29 is 13.6 Å². The molecule has 4 aromatic rings. The Bertz CT molecular complexity index is 1530. The molecule has 9 heteroatoms. The van der Waals surface area contributed by atoms with Gasteiger partial charge in [0.2, 0.25) is 0 Å². The first-order valence-electron chi connectivity index (χ1n) is 12.3. The summed E-state index contributed by atoms with van der Waals surface area (Å²) in [7, 11) is 1.79. The lowest BCUT2D eigenvalue weighted by molar-refractivity contribution is 0.0996. The van der Waals surface area contributed by atoms with Crippen molar-refractivity contribution >= 4 is 11.7 Å². The van der Waals surface area contributed by atoms with Crippen LogP contribution >= 0.6 is 0 Å². The predicted molar refractivity (Wildman–Crippen MR) is 136 cm³/mol. The Labute approximate surface area is 213 Å². The van der Waals surface area contributed by atoms with E-state index in [1.54, 1.807) is 41.9 Å². The third-order valence-electron chi connectivity index (χ3n) is 7.07. The zero-order chi connectivity index (χ0) is 25.7. The number of hydrogen-bond donors (Lipinski definition) is 1. The van der Waals surface area contributed by atoms with Gasteiger partial charge in [-0.2, -0.15) is 0 Å². The van der Waals surface area contributed by atoms with Crippen LogP contribution in [0.5, 0.6) is 0 Å². The van der Waals surface area contributed by atoms with E-state index in [1.807, 2.05) is 18.2 Å². The molecular weight excluding hydrogens is 474 g/mol. The van der Waals surface area contributed by atoms with Gasteiger partial charge in [0.05, 0.1) is 12.2 Å². The summed E-state index contributed by atoms with van der Waals surface area (Å²) >= 11 is 0. The fourth-order valence-electron chi connectivity index (χ4n) is 4.84. The van der Waals surface area contributed by atoms with Crippen molar-refractivity contribution in [3.8, 4) is 22.5 Å². The zero-order valence-electron chi connectivity index (χ0n) is 20.6. The predicted octanol–water partition coefficient (Wildman–Crippen LogP) is 4.79. The second-order valence-electron chi connectivity index (χ2n) is 9.83. The van der Waals surface area contributed by atoms with Crippen LogP contribution in [0.2, 0.25) is 0 Å². The van der Waals surface area contributed by atoms with Gasteiger partial charge in [-0.1, -0.05) is 18.2 Å². The number of nitrogens with zero attached hydrogens (tertiary/aromatic N) is 5. The molecule has 0 bridgehead atoms. The van der Waals surface area contributed by atoms with Gasteiger partial charge in [0, 0.05) is 30.3 Å². The lowest BCUT2D eigenvalue weighted by Crippen LogP contribution is -2.25. The summed E-state index contributed by atoms with van der Waals surface area (Å²) in [4.78, 5) is 19.5. The largest absolute Gasteiger partial charge is 0.317 e. The van der Waals surface area contributed by atoms with Gasteiger partial charge in [-0.3, -0.25) is 9.69 Å². The molecule has 0 unspecified atom stereocenters. The molecule has 0 saturated heterocycles. The molecule has 2 aliphatic rings. The van der Waals surface area contributed by atoms with E-state index in [0.29, 0.717) is 47.3 Å². The summed E-state index contributed by atoms with van der Waals surface area (Å²) in [6, 6.07) is 11.8. The van der Waals surface area contributed by atoms with E-state index in [4.69, 9.17) is 0 Å². The van der Waals surface area contributed by atoms with Gasteiger partial charge < -0.3 is 9.88 Å². The first-order valence-corrected chi connectivity index (χ1v) is 12.3. The Morgan fingerprint density at radius 2 is 1.89 bits per heavy atom. The summed E-state index contributed by atoms with van der Waals surface area (Å²) < 4.78 is 30.7. The summed E-state index contributed by atoms with van der Waals surface area (Å²) in [5, 5.41) is 11.4. The standard InChI is InChI=1S/C28H26F2N6O/c1-16-26(30)20(13-31-12-17-3-4-17)10-25(33-16)36-14-19-6-5-18(9-23(19)28(36)37)22-8-7-21(29)11-24(22)27-34-32-15-35(27)2/h5-11,15,17,31H,3-4,12-14H2,1-2H3. The fraction of sp³-hybridized carbons (Fsp3) is 0.286. The molecule has 2 aromatic heterocycles. The Morgan fingerprint density at radius 3 is 2.65 bits per heavy atom. The van der Waals surface area contributed by atoms with E-state index in [1.165, 1.54) is 25.0 Å². The molecule has 7 nitrogen and oxygen atoms in total. The highest BCUT2D eigenvalue weighted by atomic mass is 19.1. The van der Waals surface area contributed by atoms with Crippen LogP contribution in [0.25, 0.3) is 22.5 Å². The second-order valence-corrected chi connectivity index (χ2v) is 9.83. The van der Waals surface area contributed by atoms with Gasteiger partial charge in [0.25, 0.3) is 5.91 Å². The molecule has 1 saturated carbocycles. The number of anilines is 1. The van der Waals surface area contributed by atoms with Crippen LogP contribution < -0.4 is 10.2 Å². The number of carbonyl (C=O) groups excluding carboxylic acids is 1. The Morgan fingerprint density at radius 1 is 1.05 bits per heavy atom. The van der Waals surface area contributed by atoms with Crippen LogP contribution in [0, 0.1) is 24.5 Å². The molecule has 0 spiro atoms. The van der Waals surface area contributed by atoms with Crippen LogP contribution in [0.3, 0.4) is 0 Å². The Balaban J connectivity index is 1.32. The van der Waals surface area contributed by atoms with E-state index < -0.39 is 0 Å². The number of fused-ring (bicyclic) bond motifs is 1. The zero-order valence-corrected chi connectivity index (χ0v) is 20.6. The monoisotopic (exact) mass is 500 g/mol. The van der Waals surface area contributed by atoms with E-state index in [-0.39, 0.29) is 23.2 Å². The topological polar surface area (TPSA) is 75.9 Å². The molecule has 1 fully saturated rings. The van der Waals surface area contributed by atoms with Gasteiger partial charge in [-0.05, 0) is 73.2 Å². The number of halogens is 2. The number of amides is 1. The molecular formula is C28H26F2N6O. The quantitative estimate of drug-likeness (QED) is 0.395. The number of nitrogens with one attached hydrogen (secondary N) is 1. The van der Waals surface area contributed by atoms with Crippen LogP contribution in [0.4, 0.5) is 14.6 Å². The number of aromatic nitrogens is 4. The van der Waals surface area contributed by atoms with Gasteiger partial charge in [0.15, 0.2) is 5.82 Å². The summed E-state index contributed by atoms with van der Waals surface area (Å²) in [6.45, 7) is 3.23. The number of aryl methyl sites for hydroxylation is 2. The Kier molecular flexibility index (Phi) is 5.79. The third kappa shape index (κ3) is 4.40. The highest BCUT2D eigenvalue weighted by Crippen LogP contribution is 2.36. The average molecular weight is 501 g/mol. The lowest BCUT2D eigenvalue weighted by atomic mass is 9.96. The minimum Gasteiger partial charge on any atom is -0.317 e. The first-order chi connectivity index (χ1) is 17.9. The SMILES string of the molecule is Cc1nc(N2Cc3ccc(-c4ccc(F)cc4-c4nncn4C)cc3C2=O)cc(CNCC2CC2)c1F. The van der Waals surface area contributed by atoms with Crippen LogP contribution in [0.1, 0.15) is 40.0 Å². The lowest BCUT2D eigenvalue weighted by Gasteiger charge is -2.17. The normalized spacial score (nSPS) is 14.9. The van der Waals surface area contributed by atoms with Crippen LogP contribution in [-0.2, 0) is 20.1 Å². The number of carbonyl (C=O) groups is 1. The molecule has 1 aliphatic heterocycles. The molecule has 2 aromatic carbocycles. The minimum atomic E-state index is -0.384. The van der Waals surface area contributed by atoms with Crippen molar-refractivity contribution in [1.82, 2.24) is 25.1 Å². The smallest absolute Gasteiger partial charge is 0.260 e. The van der Waals surface area contributed by atoms with Crippen molar-refractivity contribution in [2.75, 3.05) is 11.4 Å². The van der Waals surface area contributed by atoms with Gasteiger partial charge in [0.1, 0.15) is 23.8 Å². The van der Waals surface area contributed by atoms with Crippen LogP contribution in [-0.4, -0.2) is 32.2 Å². The summed E-state index contributed by atoms with van der Waals surface area (Å²) in [6.07, 6.45) is 3.99. The minimum absolute atomic E-state index is 0.199. The molecule has 1 amide bonds. The second kappa shape index (κ2) is 9.15. The fourth-order valence-corrected chi connectivity index (χ4v) is 4.84. The van der Waals surface area contributed by atoms with Crippen molar-refractivity contribution in [2.24, 2.45) is 13.0 Å². The molecule has 0 radical (unpaired) electrons. The van der Waals surface area contributed by atoms with Crippen LogP contribution in [0.15, 0.2) is 48.8 Å². The summed E-state index contributed by atoms with van der Waals surface area (Å²) in [5.74, 6) is 0.721. The van der Waals surface area contributed by atoms with Gasteiger partial charge >= 0.3 is 0 Å². The number of pyridine rings is 1. The van der Waals surface area contributed by atoms with E-state index >= 15 is 0 Å². The van der Waals surface area contributed by atoms with Crippen molar-refractivity contribution in [2.45, 2.75) is 32.9 Å². The van der Waals surface area contributed by atoms with E-state index in [0.717, 1.165) is 23.2 Å². The molecule has 188 valence electrons. The van der Waals surface area contributed by atoms with Crippen molar-refractivity contribution in [3.63, 3.8) is 0 Å². The van der Waals surface area contributed by atoms with E-state index in [9.17, 15) is 13.6 Å². The average Bonchev–Trinajstić information content (AvgIpc) is 3.52. The Hall–Kier alpha value is -3.98. The molecule has 3 heterocycles. The maximum absolute atomic E-state index is 14.8.